The van der Waals surface area contributed by atoms with Gasteiger partial charge in [-0.05, 0) is 30.3 Å². The zero-order valence-corrected chi connectivity index (χ0v) is 16.9. The van der Waals surface area contributed by atoms with Crippen LogP contribution < -0.4 is 15.0 Å². The van der Waals surface area contributed by atoms with E-state index in [1.165, 1.54) is 7.11 Å². The molecular weight excluding hydrogens is 408 g/mol. The quantitative estimate of drug-likeness (QED) is 0.650. The van der Waals surface area contributed by atoms with Gasteiger partial charge in [-0.2, -0.15) is 4.98 Å². The van der Waals surface area contributed by atoms with Gasteiger partial charge in [0.1, 0.15) is 5.75 Å². The highest BCUT2D eigenvalue weighted by Crippen LogP contribution is 2.34. The number of rotatable bonds is 6. The molecule has 1 fully saturated rings. The molecule has 8 nitrogen and oxygen atoms in total. The van der Waals surface area contributed by atoms with E-state index in [2.05, 4.69) is 15.5 Å². The number of amides is 2. The van der Waals surface area contributed by atoms with Gasteiger partial charge in [-0.25, -0.2) is 0 Å². The van der Waals surface area contributed by atoms with Crippen LogP contribution in [0.5, 0.6) is 5.75 Å². The van der Waals surface area contributed by atoms with E-state index in [9.17, 15) is 9.59 Å². The van der Waals surface area contributed by atoms with Crippen molar-refractivity contribution >= 4 is 29.1 Å². The van der Waals surface area contributed by atoms with E-state index < -0.39 is 0 Å². The van der Waals surface area contributed by atoms with Gasteiger partial charge < -0.3 is 19.5 Å². The standard InChI is InChI=1S/C21H19ClN4O4/c1-29-17-8-7-15(10-16(17)22)26-12-14(9-19(26)27)20-24-18(30-25-20)11-23-21(28)13-5-3-2-4-6-13/h2-8,10,14H,9,11-12H2,1H3,(H,23,28). The van der Waals surface area contributed by atoms with E-state index in [0.29, 0.717) is 34.4 Å². The third-order valence-electron chi connectivity index (χ3n) is 4.86. The fourth-order valence-electron chi connectivity index (χ4n) is 3.31. The number of nitrogens with zero attached hydrogens (tertiary/aromatic N) is 3. The zero-order chi connectivity index (χ0) is 21.1. The summed E-state index contributed by atoms with van der Waals surface area (Å²) in [4.78, 5) is 30.6. The summed E-state index contributed by atoms with van der Waals surface area (Å²) < 4.78 is 10.4. The molecule has 1 aliphatic rings. The van der Waals surface area contributed by atoms with Gasteiger partial charge >= 0.3 is 0 Å². The van der Waals surface area contributed by atoms with Gasteiger partial charge in [0.25, 0.3) is 5.91 Å². The van der Waals surface area contributed by atoms with Crippen molar-refractivity contribution in [1.29, 1.82) is 0 Å². The van der Waals surface area contributed by atoms with Crippen molar-refractivity contribution in [3.8, 4) is 5.75 Å². The first-order valence-corrected chi connectivity index (χ1v) is 9.72. The normalized spacial score (nSPS) is 16.0. The van der Waals surface area contributed by atoms with Crippen molar-refractivity contribution < 1.29 is 18.8 Å². The van der Waals surface area contributed by atoms with Crippen molar-refractivity contribution in [3.05, 3.63) is 70.8 Å². The molecule has 2 amide bonds. The average Bonchev–Trinajstić information content (AvgIpc) is 3.39. The lowest BCUT2D eigenvalue weighted by atomic mass is 10.1. The average molecular weight is 427 g/mol. The van der Waals surface area contributed by atoms with Crippen LogP contribution in [0.1, 0.15) is 34.4 Å². The summed E-state index contributed by atoms with van der Waals surface area (Å²) in [6.45, 7) is 0.524. The van der Waals surface area contributed by atoms with Gasteiger partial charge in [0.05, 0.1) is 18.7 Å². The lowest BCUT2D eigenvalue weighted by molar-refractivity contribution is -0.117. The lowest BCUT2D eigenvalue weighted by Gasteiger charge is -2.17. The number of ether oxygens (including phenoxy) is 1. The summed E-state index contributed by atoms with van der Waals surface area (Å²) in [6, 6.07) is 14.1. The molecule has 2 aromatic carbocycles. The second kappa shape index (κ2) is 8.54. The van der Waals surface area contributed by atoms with Crippen molar-refractivity contribution in [2.24, 2.45) is 0 Å². The smallest absolute Gasteiger partial charge is 0.251 e. The third kappa shape index (κ3) is 4.13. The molecule has 0 bridgehead atoms. The van der Waals surface area contributed by atoms with E-state index in [4.69, 9.17) is 20.9 Å². The highest BCUT2D eigenvalue weighted by molar-refractivity contribution is 6.32. The van der Waals surface area contributed by atoms with Crippen LogP contribution in [0, 0.1) is 0 Å². The van der Waals surface area contributed by atoms with Crippen molar-refractivity contribution in [2.75, 3.05) is 18.6 Å². The summed E-state index contributed by atoms with van der Waals surface area (Å²) in [7, 11) is 1.54. The van der Waals surface area contributed by atoms with Gasteiger partial charge in [-0.1, -0.05) is 35.0 Å². The Morgan fingerprint density at radius 1 is 1.30 bits per heavy atom. The number of carbonyl (C=O) groups excluding carboxylic acids is 2. The minimum absolute atomic E-state index is 0.0510. The Morgan fingerprint density at radius 2 is 2.10 bits per heavy atom. The fourth-order valence-corrected chi connectivity index (χ4v) is 3.56. The second-order valence-electron chi connectivity index (χ2n) is 6.82. The molecule has 0 aliphatic carbocycles. The molecule has 1 aromatic heterocycles. The molecule has 4 rings (SSSR count). The molecule has 30 heavy (non-hydrogen) atoms. The van der Waals surface area contributed by atoms with E-state index in [0.717, 1.165) is 0 Å². The number of halogens is 1. The highest BCUT2D eigenvalue weighted by atomic mass is 35.5. The van der Waals surface area contributed by atoms with E-state index in [1.54, 1.807) is 47.4 Å². The molecule has 1 atom stereocenters. The number of nitrogens with one attached hydrogen (secondary N) is 1. The van der Waals surface area contributed by atoms with Crippen LogP contribution in [0.25, 0.3) is 0 Å². The van der Waals surface area contributed by atoms with Crippen molar-refractivity contribution in [1.82, 2.24) is 15.5 Å². The van der Waals surface area contributed by atoms with E-state index in [1.807, 2.05) is 6.07 Å². The molecule has 0 radical (unpaired) electrons. The van der Waals surface area contributed by atoms with Crippen LogP contribution in [-0.2, 0) is 11.3 Å². The van der Waals surface area contributed by atoms with Gasteiger partial charge in [0.15, 0.2) is 5.82 Å². The zero-order valence-electron chi connectivity index (χ0n) is 16.2. The highest BCUT2D eigenvalue weighted by Gasteiger charge is 2.34. The van der Waals surface area contributed by atoms with E-state index in [-0.39, 0.29) is 36.6 Å². The van der Waals surface area contributed by atoms with Gasteiger partial charge in [0, 0.05) is 30.1 Å². The summed E-state index contributed by atoms with van der Waals surface area (Å²) in [5.74, 6) is 0.783. The van der Waals surface area contributed by atoms with Crippen LogP contribution >= 0.6 is 11.6 Å². The maximum atomic E-state index is 12.5. The summed E-state index contributed by atoms with van der Waals surface area (Å²) >= 11 is 6.18. The van der Waals surface area contributed by atoms with Crippen LogP contribution in [0.15, 0.2) is 53.1 Å². The predicted octanol–water partition coefficient (Wildman–Crippen LogP) is 3.18. The Balaban J connectivity index is 1.40. The number of hydrogen-bond donors (Lipinski definition) is 1. The number of aromatic nitrogens is 2. The first-order chi connectivity index (χ1) is 14.5. The largest absolute Gasteiger partial charge is 0.495 e. The Bertz CT molecular complexity index is 1070. The van der Waals surface area contributed by atoms with Crippen LogP contribution in [0.3, 0.4) is 0 Å². The molecule has 1 saturated heterocycles. The molecule has 0 spiro atoms. The Morgan fingerprint density at radius 3 is 2.83 bits per heavy atom. The molecule has 9 heteroatoms. The van der Waals surface area contributed by atoms with Crippen molar-refractivity contribution in [2.45, 2.75) is 18.9 Å². The van der Waals surface area contributed by atoms with Gasteiger partial charge in [-0.3, -0.25) is 9.59 Å². The van der Waals surface area contributed by atoms with Crippen LogP contribution in [-0.4, -0.2) is 35.6 Å². The Kier molecular flexibility index (Phi) is 5.67. The first-order valence-electron chi connectivity index (χ1n) is 9.35. The predicted molar refractivity (Wildman–Crippen MR) is 110 cm³/mol. The van der Waals surface area contributed by atoms with Crippen LogP contribution in [0.2, 0.25) is 5.02 Å². The summed E-state index contributed by atoms with van der Waals surface area (Å²) in [6.07, 6.45) is 0.263. The molecule has 2 heterocycles. The lowest BCUT2D eigenvalue weighted by Crippen LogP contribution is -2.24. The Hall–Kier alpha value is -3.39. The maximum absolute atomic E-state index is 12.5. The van der Waals surface area contributed by atoms with Gasteiger partial charge in [0.2, 0.25) is 11.8 Å². The van der Waals surface area contributed by atoms with Crippen molar-refractivity contribution in [3.63, 3.8) is 0 Å². The topological polar surface area (TPSA) is 97.6 Å². The summed E-state index contributed by atoms with van der Waals surface area (Å²) in [5, 5.41) is 7.17. The minimum Gasteiger partial charge on any atom is -0.495 e. The maximum Gasteiger partial charge on any atom is 0.251 e. The Labute approximate surface area is 177 Å². The van der Waals surface area contributed by atoms with E-state index >= 15 is 0 Å². The molecule has 3 aromatic rings. The number of hydrogen-bond acceptors (Lipinski definition) is 6. The van der Waals surface area contributed by atoms with Gasteiger partial charge in [-0.15, -0.1) is 0 Å². The molecule has 1 N–H and O–H groups in total. The van der Waals surface area contributed by atoms with Crippen LogP contribution in [0.4, 0.5) is 5.69 Å². The fraction of sp³-hybridized carbons (Fsp3) is 0.238. The number of carbonyl (C=O) groups is 2. The summed E-state index contributed by atoms with van der Waals surface area (Å²) in [5.41, 5.74) is 1.24. The molecular formula is C21H19ClN4O4. The monoisotopic (exact) mass is 426 g/mol. The molecule has 154 valence electrons. The second-order valence-corrected chi connectivity index (χ2v) is 7.23. The SMILES string of the molecule is COc1ccc(N2CC(c3noc(CNC(=O)c4ccccc4)n3)CC2=O)cc1Cl. The molecule has 1 aliphatic heterocycles. The number of anilines is 1. The first kappa shape index (κ1) is 19.9. The molecule has 1 unspecified atom stereocenters. The minimum atomic E-state index is -0.228. The number of benzene rings is 2. The number of methoxy groups -OCH3 is 1. The third-order valence-corrected chi connectivity index (χ3v) is 5.15. The molecule has 0 saturated carbocycles.